The quantitative estimate of drug-likeness (QED) is 0.676. The van der Waals surface area contributed by atoms with Gasteiger partial charge in [-0.25, -0.2) is 4.98 Å². The maximum Gasteiger partial charge on any atom is 0.140 e. The van der Waals surface area contributed by atoms with Crippen LogP contribution in [0.4, 0.5) is 5.69 Å². The molecule has 0 fully saturated rings. The lowest BCUT2D eigenvalue weighted by Gasteiger charge is -2.06. The van der Waals surface area contributed by atoms with E-state index in [1.165, 1.54) is 0 Å². The lowest BCUT2D eigenvalue weighted by atomic mass is 10.3. The van der Waals surface area contributed by atoms with Gasteiger partial charge in [-0.1, -0.05) is 0 Å². The Bertz CT molecular complexity index is 359. The molecule has 0 saturated carbocycles. The molecule has 0 aliphatic rings. The Morgan fingerprint density at radius 1 is 1.28 bits per heavy atom. The lowest BCUT2D eigenvalue weighted by Crippen LogP contribution is -2.06. The van der Waals surface area contributed by atoms with Gasteiger partial charge in [0.05, 0.1) is 25.1 Å². The summed E-state index contributed by atoms with van der Waals surface area (Å²) in [4.78, 5) is 3.98. The van der Waals surface area contributed by atoms with Crippen molar-refractivity contribution in [1.29, 1.82) is 5.26 Å². The molecule has 0 atom stereocenters. The fraction of sp³-hybridized carbons (Fsp3) is 0.538. The zero-order valence-corrected chi connectivity index (χ0v) is 10.7. The maximum atomic E-state index is 8.61. The summed E-state index contributed by atoms with van der Waals surface area (Å²) in [7, 11) is 1.67. The molecule has 0 bridgehead atoms. The van der Waals surface area contributed by atoms with Crippen molar-refractivity contribution in [2.75, 3.05) is 38.8 Å². The van der Waals surface area contributed by atoms with Gasteiger partial charge in [0.25, 0.3) is 0 Å². The maximum absolute atomic E-state index is 8.61. The van der Waals surface area contributed by atoms with Crippen LogP contribution in [0.2, 0.25) is 0 Å². The molecule has 1 rings (SSSR count). The number of nitrogens with zero attached hydrogens (tertiary/aromatic N) is 2. The van der Waals surface area contributed by atoms with E-state index in [4.69, 9.17) is 14.7 Å². The highest BCUT2D eigenvalue weighted by Gasteiger charge is 1.94. The first-order valence-electron chi connectivity index (χ1n) is 6.03. The molecule has 0 saturated heterocycles. The summed E-state index contributed by atoms with van der Waals surface area (Å²) in [5.74, 6) is 0. The molecular weight excluding hydrogens is 230 g/mol. The molecule has 1 aromatic rings. The fourth-order valence-corrected chi connectivity index (χ4v) is 1.37. The van der Waals surface area contributed by atoms with Gasteiger partial charge in [-0.05, 0) is 25.0 Å². The van der Waals surface area contributed by atoms with Crippen LogP contribution in [-0.4, -0.2) is 38.5 Å². The first-order valence-corrected chi connectivity index (χ1v) is 6.03. The number of aromatic nitrogens is 1. The normalized spacial score (nSPS) is 10.0. The first-order chi connectivity index (χ1) is 8.86. The summed E-state index contributed by atoms with van der Waals surface area (Å²) >= 11 is 0. The number of ether oxygens (including phenoxy) is 2. The van der Waals surface area contributed by atoms with Gasteiger partial charge in [0.2, 0.25) is 0 Å². The van der Waals surface area contributed by atoms with Crippen molar-refractivity contribution in [2.45, 2.75) is 12.8 Å². The average molecular weight is 249 g/mol. The van der Waals surface area contributed by atoms with E-state index in [-0.39, 0.29) is 0 Å². The van der Waals surface area contributed by atoms with Gasteiger partial charge in [0.1, 0.15) is 11.8 Å². The third kappa shape index (κ3) is 6.18. The van der Waals surface area contributed by atoms with Gasteiger partial charge in [-0.2, -0.15) is 5.26 Å². The summed E-state index contributed by atoms with van der Waals surface area (Å²) in [5, 5.41) is 11.9. The van der Waals surface area contributed by atoms with E-state index >= 15 is 0 Å². The summed E-state index contributed by atoms with van der Waals surface area (Å²) in [6.07, 6.45) is 3.72. The second-order valence-corrected chi connectivity index (χ2v) is 3.78. The molecule has 0 amide bonds. The van der Waals surface area contributed by atoms with E-state index in [2.05, 4.69) is 10.3 Å². The number of hydrogen-bond donors (Lipinski definition) is 1. The monoisotopic (exact) mass is 249 g/mol. The van der Waals surface area contributed by atoms with Crippen molar-refractivity contribution in [3.8, 4) is 6.07 Å². The number of pyridine rings is 1. The summed E-state index contributed by atoms with van der Waals surface area (Å²) in [6, 6.07) is 5.56. The van der Waals surface area contributed by atoms with Crippen LogP contribution in [0.15, 0.2) is 18.3 Å². The van der Waals surface area contributed by atoms with E-state index in [1.54, 1.807) is 19.4 Å². The van der Waals surface area contributed by atoms with Crippen LogP contribution in [0.3, 0.4) is 0 Å². The van der Waals surface area contributed by atoms with E-state index in [0.717, 1.165) is 31.7 Å². The highest BCUT2D eigenvalue weighted by molar-refractivity contribution is 5.42. The number of rotatable bonds is 9. The van der Waals surface area contributed by atoms with Gasteiger partial charge in [-0.15, -0.1) is 0 Å². The Balaban J connectivity index is 2.02. The Morgan fingerprint density at radius 2 is 2.17 bits per heavy atom. The van der Waals surface area contributed by atoms with Crippen molar-refractivity contribution in [2.24, 2.45) is 0 Å². The molecule has 18 heavy (non-hydrogen) atoms. The predicted molar refractivity (Wildman–Crippen MR) is 69.4 cm³/mol. The molecule has 0 aliphatic heterocycles. The average Bonchev–Trinajstić information content (AvgIpc) is 2.42. The van der Waals surface area contributed by atoms with Crippen LogP contribution in [0, 0.1) is 11.3 Å². The zero-order chi connectivity index (χ0) is 13.1. The van der Waals surface area contributed by atoms with E-state index < -0.39 is 0 Å². The third-order valence-electron chi connectivity index (χ3n) is 2.35. The Morgan fingerprint density at radius 3 is 2.83 bits per heavy atom. The highest BCUT2D eigenvalue weighted by atomic mass is 16.5. The second-order valence-electron chi connectivity index (χ2n) is 3.78. The molecule has 0 aromatic carbocycles. The topological polar surface area (TPSA) is 67.2 Å². The second kappa shape index (κ2) is 9.40. The van der Waals surface area contributed by atoms with Crippen molar-refractivity contribution in [3.05, 3.63) is 24.0 Å². The van der Waals surface area contributed by atoms with Crippen molar-refractivity contribution >= 4 is 5.69 Å². The van der Waals surface area contributed by atoms with Crippen LogP contribution in [0.25, 0.3) is 0 Å². The van der Waals surface area contributed by atoms with Gasteiger partial charge < -0.3 is 14.8 Å². The number of anilines is 1. The number of nitrogens with one attached hydrogen (secondary N) is 1. The minimum Gasteiger partial charge on any atom is -0.384 e. The third-order valence-corrected chi connectivity index (χ3v) is 2.35. The largest absolute Gasteiger partial charge is 0.384 e. The molecule has 0 radical (unpaired) electrons. The molecule has 1 aromatic heterocycles. The van der Waals surface area contributed by atoms with Gasteiger partial charge in [0.15, 0.2) is 0 Å². The molecule has 0 spiro atoms. The predicted octanol–water partition coefficient (Wildman–Crippen LogP) is 1.81. The van der Waals surface area contributed by atoms with Gasteiger partial charge >= 0.3 is 0 Å². The van der Waals surface area contributed by atoms with E-state index in [0.29, 0.717) is 18.9 Å². The van der Waals surface area contributed by atoms with Crippen molar-refractivity contribution in [3.63, 3.8) is 0 Å². The molecule has 1 N–H and O–H groups in total. The van der Waals surface area contributed by atoms with Crippen LogP contribution < -0.4 is 5.32 Å². The van der Waals surface area contributed by atoms with E-state index in [9.17, 15) is 0 Å². The molecule has 5 nitrogen and oxygen atoms in total. The zero-order valence-electron chi connectivity index (χ0n) is 10.7. The minimum absolute atomic E-state index is 0.437. The Kier molecular flexibility index (Phi) is 7.53. The van der Waals surface area contributed by atoms with Crippen molar-refractivity contribution in [1.82, 2.24) is 4.98 Å². The molecule has 1 heterocycles. The van der Waals surface area contributed by atoms with Crippen LogP contribution in [0.5, 0.6) is 0 Å². The van der Waals surface area contributed by atoms with Crippen LogP contribution in [0.1, 0.15) is 18.5 Å². The Hall–Kier alpha value is -1.64. The number of hydrogen-bond acceptors (Lipinski definition) is 5. The highest BCUT2D eigenvalue weighted by Crippen LogP contribution is 2.05. The van der Waals surface area contributed by atoms with E-state index in [1.807, 2.05) is 12.1 Å². The molecule has 5 heteroatoms. The molecule has 0 unspecified atom stereocenters. The number of unbranched alkanes of at least 4 members (excludes halogenated alkanes) is 1. The summed E-state index contributed by atoms with van der Waals surface area (Å²) < 4.78 is 10.2. The van der Waals surface area contributed by atoms with Crippen molar-refractivity contribution < 1.29 is 9.47 Å². The Labute approximate surface area is 108 Å². The lowest BCUT2D eigenvalue weighted by molar-refractivity contribution is 0.0691. The first kappa shape index (κ1) is 14.4. The number of methoxy groups -OCH3 is 1. The summed E-state index contributed by atoms with van der Waals surface area (Å²) in [5.41, 5.74) is 1.38. The SMILES string of the molecule is COCCOCCCCNc1ccc(C#N)nc1. The fourth-order valence-electron chi connectivity index (χ4n) is 1.37. The van der Waals surface area contributed by atoms with Gasteiger partial charge in [0, 0.05) is 20.3 Å². The van der Waals surface area contributed by atoms with Gasteiger partial charge in [-0.3, -0.25) is 0 Å². The van der Waals surface area contributed by atoms with Crippen LogP contribution in [-0.2, 0) is 9.47 Å². The molecule has 0 aliphatic carbocycles. The molecular formula is C13H19N3O2. The standard InChI is InChI=1S/C13H19N3O2/c1-17-8-9-18-7-3-2-6-15-13-5-4-12(10-14)16-11-13/h4-5,11,15H,2-3,6-9H2,1H3. The molecule has 98 valence electrons. The van der Waals surface area contributed by atoms with Crippen LogP contribution >= 0.6 is 0 Å². The number of nitriles is 1. The minimum atomic E-state index is 0.437. The summed E-state index contributed by atoms with van der Waals surface area (Å²) in [6.45, 7) is 2.94. The smallest absolute Gasteiger partial charge is 0.140 e.